The van der Waals surface area contributed by atoms with Gasteiger partial charge in [0.15, 0.2) is 0 Å². The van der Waals surface area contributed by atoms with Crippen molar-refractivity contribution in [2.24, 2.45) is 0 Å². The minimum atomic E-state index is -2.84. The fourth-order valence-electron chi connectivity index (χ4n) is 19.5. The molecule has 12 aromatic carbocycles. The number of hydrogen-bond acceptors (Lipinski definition) is 12. The highest BCUT2D eigenvalue weighted by atomic mass is 32.5. The predicted octanol–water partition coefficient (Wildman–Crippen LogP) is 24.3. The normalized spacial score (nSPS) is 16.4. The molecule has 4 aliphatic heterocycles. The molecule has 0 radical (unpaired) electrons. The zero-order valence-electron chi connectivity index (χ0n) is 69.4. The van der Waals surface area contributed by atoms with Gasteiger partial charge in [0.25, 0.3) is 0 Å². The molecule has 1 aliphatic carbocycles. The van der Waals surface area contributed by atoms with Crippen LogP contribution in [-0.2, 0) is 71.9 Å². The Bertz CT molecular complexity index is 4800. The second kappa shape index (κ2) is 37.8. The maximum Gasteiger partial charge on any atom is 0.230 e. The Morgan fingerprint density at radius 1 is 0.217 bits per heavy atom. The van der Waals surface area contributed by atoms with Crippen LogP contribution in [0.2, 0.25) is 0 Å². The van der Waals surface area contributed by atoms with Gasteiger partial charge in [-0.05, 0) is 92.4 Å². The zero-order valence-corrected chi connectivity index (χ0v) is 76.2. The van der Waals surface area contributed by atoms with Gasteiger partial charge in [0.1, 0.15) is 46.0 Å². The highest BCUT2D eigenvalue weighted by molar-refractivity contribution is 8.22. The van der Waals surface area contributed by atoms with Crippen LogP contribution in [0.4, 0.5) is 0 Å². The van der Waals surface area contributed by atoms with E-state index in [4.69, 9.17) is 85.1 Å². The average Bonchev–Trinajstić information content (AvgIpc) is 0.708. The van der Waals surface area contributed by atoms with Gasteiger partial charge in [-0.15, -0.1) is 0 Å². The molecule has 17 rings (SSSR count). The van der Waals surface area contributed by atoms with Gasteiger partial charge >= 0.3 is 0 Å². The van der Waals surface area contributed by atoms with E-state index in [1.165, 1.54) is 0 Å². The van der Waals surface area contributed by atoms with Crippen LogP contribution in [0.3, 0.4) is 0 Å². The van der Waals surface area contributed by atoms with Gasteiger partial charge in [-0.25, -0.2) is 0 Å². The van der Waals surface area contributed by atoms with E-state index in [9.17, 15) is 0 Å². The molecule has 8 bridgehead atoms. The standard InChI is InChI=1S/C104H108O8P4S4/c1-5-9-21-57-81-85-61-87-82(58-22-10-6-2)89-63-91-84(60-24-12-8-4)92-64-90-83(59-23-11-7-3)88-62-86(81)98-94(66-114(118,75-45-29-15-30-46-75)76-47-31-16-32-48-76)100(88)108-71-110-102(90)96(68-116(120,79-53-37-19-38-54-79)80-55-39-20-40-56-80)104(92)112-72-111-103(91)95(67-115(119,77-49-33-17-34-50-77)78-51-35-18-36-52-78)101(89)109-70-107-99(87)93(97(85)105-69-106-98)65-113(117,73-41-25-13-26-42-73)74-43-27-14-28-44-74/h13-20,25-56,61-64,81-84H,5-12,21-24,57-60,65-72H2,1-4H3. The molecule has 12 aromatic rings. The molecule has 0 saturated carbocycles. The Morgan fingerprint density at radius 2 is 0.358 bits per heavy atom. The van der Waals surface area contributed by atoms with Crippen LogP contribution in [0.25, 0.3) is 0 Å². The smallest absolute Gasteiger partial charge is 0.230 e. The van der Waals surface area contributed by atoms with E-state index < -0.39 is 24.2 Å². The van der Waals surface area contributed by atoms with E-state index in [2.05, 4.69) is 295 Å². The van der Waals surface area contributed by atoms with Crippen molar-refractivity contribution in [3.8, 4) is 46.0 Å². The van der Waals surface area contributed by atoms with Crippen LogP contribution in [-0.4, -0.2) is 27.2 Å². The van der Waals surface area contributed by atoms with E-state index in [1.807, 2.05) is 0 Å². The van der Waals surface area contributed by atoms with E-state index in [0.29, 0.717) is 24.6 Å². The molecule has 0 aromatic heterocycles. The Hall–Kier alpha value is -8.36. The van der Waals surface area contributed by atoms with Crippen molar-refractivity contribution >= 4 is 114 Å². The molecule has 120 heavy (non-hydrogen) atoms. The summed E-state index contributed by atoms with van der Waals surface area (Å²) in [5, 5.41) is 8.88. The molecule has 5 aliphatic rings. The van der Waals surface area contributed by atoms with Crippen molar-refractivity contribution in [3.05, 3.63) is 334 Å². The van der Waals surface area contributed by atoms with Crippen molar-refractivity contribution in [3.63, 3.8) is 0 Å². The monoisotopic (exact) mass is 1740 g/mol. The highest BCUT2D eigenvalue weighted by Crippen LogP contribution is 2.65. The van der Waals surface area contributed by atoms with Crippen LogP contribution in [0.15, 0.2) is 267 Å². The fourth-order valence-corrected chi connectivity index (χ4v) is 34.8. The minimum Gasteiger partial charge on any atom is -0.457 e. The van der Waals surface area contributed by atoms with Crippen molar-refractivity contribution in [1.29, 1.82) is 0 Å². The summed E-state index contributed by atoms with van der Waals surface area (Å²) >= 11 is 30.3. The molecule has 16 heteroatoms. The third-order valence-corrected chi connectivity index (χ3v) is 44.2. The van der Waals surface area contributed by atoms with Gasteiger partial charge in [0.2, 0.25) is 27.2 Å². The summed E-state index contributed by atoms with van der Waals surface area (Å²) in [7, 11) is 0. The highest BCUT2D eigenvalue weighted by Gasteiger charge is 2.45. The van der Waals surface area contributed by atoms with Crippen molar-refractivity contribution in [2.45, 2.75) is 179 Å². The summed E-state index contributed by atoms with van der Waals surface area (Å²) in [6, 6.07) is 85.7. The molecule has 8 nitrogen and oxygen atoms in total. The first-order chi connectivity index (χ1) is 58.9. The lowest BCUT2D eigenvalue weighted by molar-refractivity contribution is 0.0952. The predicted molar refractivity (Wildman–Crippen MR) is 515 cm³/mol. The quantitative estimate of drug-likeness (QED) is 0.0298. The topological polar surface area (TPSA) is 73.8 Å². The van der Waals surface area contributed by atoms with Crippen LogP contribution in [0, 0.1) is 0 Å². The first-order valence-electron chi connectivity index (χ1n) is 43.5. The molecule has 4 heterocycles. The Kier molecular flexibility index (Phi) is 26.4. The zero-order chi connectivity index (χ0) is 82.2. The van der Waals surface area contributed by atoms with E-state index >= 15 is 0 Å². The molecule has 0 unspecified atom stereocenters. The number of hydrogen-bond donors (Lipinski definition) is 0. The summed E-state index contributed by atoms with van der Waals surface area (Å²) in [6.07, 6.45) is 16.6. The Morgan fingerprint density at radius 3 is 0.492 bits per heavy atom. The maximum atomic E-state index is 7.80. The van der Waals surface area contributed by atoms with Crippen molar-refractivity contribution < 1.29 is 37.9 Å². The molecular weight excluding hydrogens is 1630 g/mol. The van der Waals surface area contributed by atoms with Gasteiger partial charge < -0.3 is 37.9 Å². The molecule has 616 valence electrons. The molecule has 0 saturated heterocycles. The van der Waals surface area contributed by atoms with Gasteiger partial charge in [-0.3, -0.25) is 0 Å². The van der Waals surface area contributed by atoms with Gasteiger partial charge in [0, 0.05) is 139 Å². The molecule has 0 fully saturated rings. The lowest BCUT2D eigenvalue weighted by Crippen LogP contribution is -2.27. The SMILES string of the molecule is CCCCCC1c2cc3c4c(CP(=S)(c5ccccc5)c5ccccc5)c2OCOc2c1cc1c(c2CP(=S)(c2ccccc2)c2ccccc2)OCOc2c(cc5c(c2CP(=S)(c2ccccc2)c2ccccc2)OCOc2c(cc(c(c2CP(=S)(c2ccccc2)c2ccccc2)OCO4)C3CCCCC)C5CCCCC)C1CCCCC. The number of ether oxygens (including phenoxy) is 8. The van der Waals surface area contributed by atoms with Crippen LogP contribution in [0.5, 0.6) is 46.0 Å². The molecule has 0 spiro atoms. The fraction of sp³-hybridized carbons (Fsp3) is 0.308. The summed E-state index contributed by atoms with van der Waals surface area (Å²) in [6.45, 7) is 8.72. The molecule has 0 N–H and O–H groups in total. The third-order valence-electron chi connectivity index (χ3n) is 25.5. The molecular formula is C104H108O8P4S4. The van der Waals surface area contributed by atoms with Gasteiger partial charge in [0.05, 0.1) is 0 Å². The average molecular weight is 1740 g/mol. The third kappa shape index (κ3) is 16.5. The lowest BCUT2D eigenvalue weighted by atomic mass is 9.74. The van der Waals surface area contributed by atoms with E-state index in [-0.39, 0.29) is 50.8 Å². The Labute approximate surface area is 731 Å². The van der Waals surface area contributed by atoms with Crippen molar-refractivity contribution in [1.82, 2.24) is 0 Å². The number of unbranched alkanes of at least 4 members (excludes halogenated alkanes) is 8. The molecule has 0 atom stereocenters. The second-order valence-corrected chi connectivity index (χ2v) is 51.7. The van der Waals surface area contributed by atoms with Crippen LogP contribution >= 0.6 is 24.2 Å². The van der Waals surface area contributed by atoms with Crippen LogP contribution in [0.1, 0.15) is 221 Å². The summed E-state index contributed by atoms with van der Waals surface area (Å²) in [5.74, 6) is 4.73. The molecule has 0 amide bonds. The summed E-state index contributed by atoms with van der Waals surface area (Å²) in [5.41, 5.74) is 12.5. The first-order valence-corrected chi connectivity index (χ1v) is 55.5. The largest absolute Gasteiger partial charge is 0.457 e. The number of rotatable bonds is 32. The first kappa shape index (κ1) is 83.9. The summed E-state index contributed by atoms with van der Waals surface area (Å²) in [4.78, 5) is 0. The summed E-state index contributed by atoms with van der Waals surface area (Å²) < 4.78 is 62.4. The van der Waals surface area contributed by atoms with E-state index in [1.54, 1.807) is 0 Å². The Balaban J connectivity index is 1.07. The van der Waals surface area contributed by atoms with Gasteiger partial charge in [-0.2, -0.15) is 0 Å². The number of benzene rings is 12. The van der Waals surface area contributed by atoms with Crippen LogP contribution < -0.4 is 80.3 Å². The maximum absolute atomic E-state index is 7.80. The minimum absolute atomic E-state index is 0.134. The van der Waals surface area contributed by atoms with E-state index in [0.717, 1.165) is 258 Å². The lowest BCUT2D eigenvalue weighted by Gasteiger charge is -2.39. The van der Waals surface area contributed by atoms with Crippen molar-refractivity contribution in [2.75, 3.05) is 27.2 Å². The second-order valence-electron chi connectivity index (χ2n) is 32.9. The van der Waals surface area contributed by atoms with Gasteiger partial charge in [-0.1, -0.05) is 395 Å².